The molecule has 0 aliphatic heterocycles. The maximum atomic E-state index is 13.1. The van der Waals surface area contributed by atoms with E-state index >= 15 is 0 Å². The van der Waals surface area contributed by atoms with E-state index in [-0.39, 0.29) is 25.7 Å². The van der Waals surface area contributed by atoms with Crippen molar-refractivity contribution in [3.8, 4) is 0 Å². The molecule has 0 radical (unpaired) electrons. The quantitative estimate of drug-likeness (QED) is 0.0222. The Hall–Kier alpha value is -1.94. The summed E-state index contributed by atoms with van der Waals surface area (Å²) < 4.78 is 68.9. The monoisotopic (exact) mass is 1520 g/mol. The number of aliphatic hydroxyl groups excluding tert-OH is 1. The molecule has 0 amide bonds. The number of hydrogen-bond acceptors (Lipinski definition) is 15. The molecule has 0 fully saturated rings. The van der Waals surface area contributed by atoms with Gasteiger partial charge in [0.1, 0.15) is 19.3 Å². The maximum Gasteiger partial charge on any atom is 0.472 e. The minimum Gasteiger partial charge on any atom is -0.462 e. The maximum absolute atomic E-state index is 13.1. The molecular formula is C85H166O17P2. The minimum absolute atomic E-state index is 0.109. The van der Waals surface area contributed by atoms with Crippen molar-refractivity contribution in [3.05, 3.63) is 0 Å². The van der Waals surface area contributed by atoms with Gasteiger partial charge in [0.05, 0.1) is 26.4 Å². The molecule has 0 saturated carbocycles. The van der Waals surface area contributed by atoms with Crippen LogP contribution in [0.2, 0.25) is 0 Å². The molecule has 0 aromatic rings. The summed E-state index contributed by atoms with van der Waals surface area (Å²) in [6, 6.07) is 0. The largest absolute Gasteiger partial charge is 0.472 e. The second-order valence-electron chi connectivity index (χ2n) is 31.1. The number of rotatable bonds is 85. The second-order valence-corrected chi connectivity index (χ2v) is 34.0. The van der Waals surface area contributed by atoms with Crippen molar-refractivity contribution < 1.29 is 80.2 Å². The van der Waals surface area contributed by atoms with Gasteiger partial charge in [0.2, 0.25) is 0 Å². The molecule has 104 heavy (non-hydrogen) atoms. The third kappa shape index (κ3) is 78.2. The van der Waals surface area contributed by atoms with Crippen LogP contribution in [-0.4, -0.2) is 96.7 Å². The molecule has 0 bridgehead atoms. The van der Waals surface area contributed by atoms with Crippen LogP contribution in [0, 0.1) is 5.92 Å². The number of carbonyl (C=O) groups is 4. The highest BCUT2D eigenvalue weighted by Crippen LogP contribution is 2.45. The summed E-state index contributed by atoms with van der Waals surface area (Å²) in [4.78, 5) is 73.2. The lowest BCUT2D eigenvalue weighted by Gasteiger charge is -2.21. The zero-order valence-electron chi connectivity index (χ0n) is 68.2. The number of phosphoric acid groups is 2. The molecular weight excluding hydrogens is 1350 g/mol. The Balaban J connectivity index is 5.25. The van der Waals surface area contributed by atoms with Crippen molar-refractivity contribution in [2.24, 2.45) is 5.92 Å². The van der Waals surface area contributed by atoms with Crippen LogP contribution in [-0.2, 0) is 65.4 Å². The zero-order valence-corrected chi connectivity index (χ0v) is 70.0. The Bertz CT molecular complexity index is 1980. The lowest BCUT2D eigenvalue weighted by Crippen LogP contribution is -2.30. The number of aliphatic hydroxyl groups is 1. The Kier molecular flexibility index (Phi) is 76.3. The topological polar surface area (TPSA) is 237 Å². The van der Waals surface area contributed by atoms with E-state index in [9.17, 15) is 43.2 Å². The highest BCUT2D eigenvalue weighted by Gasteiger charge is 2.30. The molecule has 0 saturated heterocycles. The third-order valence-electron chi connectivity index (χ3n) is 20.0. The van der Waals surface area contributed by atoms with Crippen molar-refractivity contribution >= 4 is 39.5 Å². The van der Waals surface area contributed by atoms with Crippen LogP contribution in [0.5, 0.6) is 0 Å². The van der Waals surface area contributed by atoms with Gasteiger partial charge in [-0.25, -0.2) is 9.13 Å². The Morgan fingerprint density at radius 2 is 0.442 bits per heavy atom. The number of carbonyl (C=O) groups excluding carboxylic acids is 4. The smallest absolute Gasteiger partial charge is 0.462 e. The normalized spacial score (nSPS) is 13.8. The number of phosphoric ester groups is 2. The molecule has 618 valence electrons. The summed E-state index contributed by atoms with van der Waals surface area (Å²) in [6.45, 7) is 7.39. The lowest BCUT2D eigenvalue weighted by atomic mass is 10.0. The SMILES string of the molecule is CCCCCCCCCCCCCCCCCCCCCC(=O)O[C@H](COC(=O)CCCCCCCCCCCCCCCCCC(C)C)COP(=O)(O)OC[C@@H](O)COP(=O)(O)OC[C@@H](COC(=O)CCCCCCCCCCCCCC)OC(=O)CCCCCCCCCCCCCCCCC. The summed E-state index contributed by atoms with van der Waals surface area (Å²) in [5.41, 5.74) is 0. The number of unbranched alkanes of at least 4 members (excludes halogenated alkanes) is 57. The van der Waals surface area contributed by atoms with Gasteiger partial charge >= 0.3 is 39.5 Å². The number of ether oxygens (including phenoxy) is 4. The van der Waals surface area contributed by atoms with E-state index in [4.69, 9.17) is 37.0 Å². The Labute approximate surface area is 638 Å². The van der Waals surface area contributed by atoms with Gasteiger partial charge in [-0.1, -0.05) is 407 Å². The van der Waals surface area contributed by atoms with Crippen LogP contribution in [0.4, 0.5) is 0 Å². The van der Waals surface area contributed by atoms with Gasteiger partial charge in [0.25, 0.3) is 0 Å². The fourth-order valence-corrected chi connectivity index (χ4v) is 14.9. The highest BCUT2D eigenvalue weighted by atomic mass is 31.2. The van der Waals surface area contributed by atoms with Crippen LogP contribution in [0.3, 0.4) is 0 Å². The fraction of sp³-hybridized carbons (Fsp3) is 0.953. The number of hydrogen-bond donors (Lipinski definition) is 3. The standard InChI is InChI=1S/C85H166O17P2/c1-6-9-12-15-18-21-24-27-29-30-31-32-36-41-46-51-56-61-66-71-85(90)102-81(75-96-83(88)69-64-59-54-49-44-39-37-33-35-38-42-47-52-57-62-67-78(4)5)77-100-104(93,94)98-73-79(86)72-97-103(91,92)99-76-80(74-95-82(87)68-63-58-53-48-43-26-23-20-17-14-11-8-3)101-84(89)70-65-60-55-50-45-40-34-28-25-22-19-16-13-10-7-2/h78-81,86H,6-77H2,1-5H3,(H,91,92)(H,93,94)/t79-,80+,81+/m0/s1. The summed E-state index contributed by atoms with van der Waals surface area (Å²) >= 11 is 0. The molecule has 0 aliphatic rings. The molecule has 5 atom stereocenters. The summed E-state index contributed by atoms with van der Waals surface area (Å²) in [6.07, 6.45) is 70.7. The lowest BCUT2D eigenvalue weighted by molar-refractivity contribution is -0.161. The van der Waals surface area contributed by atoms with Crippen LogP contribution in [0.25, 0.3) is 0 Å². The van der Waals surface area contributed by atoms with Gasteiger partial charge < -0.3 is 33.8 Å². The van der Waals surface area contributed by atoms with Gasteiger partial charge in [-0.15, -0.1) is 0 Å². The molecule has 0 aromatic heterocycles. The average molecular weight is 1520 g/mol. The molecule has 0 heterocycles. The van der Waals surface area contributed by atoms with Crippen LogP contribution in [0.1, 0.15) is 458 Å². The van der Waals surface area contributed by atoms with Crippen LogP contribution >= 0.6 is 15.6 Å². The molecule has 3 N–H and O–H groups in total. The van der Waals surface area contributed by atoms with Crippen LogP contribution < -0.4 is 0 Å². The van der Waals surface area contributed by atoms with Crippen molar-refractivity contribution in [1.82, 2.24) is 0 Å². The molecule has 2 unspecified atom stereocenters. The highest BCUT2D eigenvalue weighted by molar-refractivity contribution is 7.47. The molecule has 0 rings (SSSR count). The van der Waals surface area contributed by atoms with E-state index in [1.165, 1.54) is 283 Å². The number of esters is 4. The van der Waals surface area contributed by atoms with Crippen molar-refractivity contribution in [1.29, 1.82) is 0 Å². The van der Waals surface area contributed by atoms with E-state index in [2.05, 4.69) is 34.6 Å². The molecule has 19 heteroatoms. The van der Waals surface area contributed by atoms with Crippen molar-refractivity contribution in [2.75, 3.05) is 39.6 Å². The van der Waals surface area contributed by atoms with Crippen molar-refractivity contribution in [3.63, 3.8) is 0 Å². The fourth-order valence-electron chi connectivity index (χ4n) is 13.3. The molecule has 17 nitrogen and oxygen atoms in total. The second kappa shape index (κ2) is 77.8. The van der Waals surface area contributed by atoms with E-state index in [1.807, 2.05) is 0 Å². The Morgan fingerprint density at radius 3 is 0.654 bits per heavy atom. The van der Waals surface area contributed by atoms with E-state index in [0.29, 0.717) is 25.7 Å². The molecule has 0 aromatic carbocycles. The van der Waals surface area contributed by atoms with E-state index < -0.39 is 97.5 Å². The van der Waals surface area contributed by atoms with Gasteiger partial charge in [-0.2, -0.15) is 0 Å². The minimum atomic E-state index is -4.96. The predicted molar refractivity (Wildman–Crippen MR) is 428 cm³/mol. The van der Waals surface area contributed by atoms with Gasteiger partial charge in [-0.3, -0.25) is 37.3 Å². The summed E-state index contributed by atoms with van der Waals surface area (Å²) in [7, 11) is -9.93. The summed E-state index contributed by atoms with van der Waals surface area (Å²) in [5.74, 6) is -1.29. The average Bonchev–Trinajstić information content (AvgIpc) is 0.902. The Morgan fingerprint density at radius 1 is 0.260 bits per heavy atom. The van der Waals surface area contributed by atoms with Gasteiger partial charge in [0, 0.05) is 25.7 Å². The van der Waals surface area contributed by atoms with Crippen molar-refractivity contribution in [2.45, 2.75) is 477 Å². The van der Waals surface area contributed by atoms with Gasteiger partial charge in [-0.05, 0) is 31.6 Å². The first-order valence-electron chi connectivity index (χ1n) is 44.1. The molecule has 0 spiro atoms. The first-order chi connectivity index (χ1) is 50.5. The van der Waals surface area contributed by atoms with E-state index in [1.54, 1.807) is 0 Å². The first kappa shape index (κ1) is 102. The zero-order chi connectivity index (χ0) is 76.2. The van der Waals surface area contributed by atoms with E-state index in [0.717, 1.165) is 95.8 Å². The third-order valence-corrected chi connectivity index (χ3v) is 21.9. The summed E-state index contributed by atoms with van der Waals surface area (Å²) in [5, 5.41) is 10.7. The molecule has 0 aliphatic carbocycles. The predicted octanol–water partition coefficient (Wildman–Crippen LogP) is 26.0. The van der Waals surface area contributed by atoms with Gasteiger partial charge in [0.15, 0.2) is 12.2 Å². The first-order valence-corrected chi connectivity index (χ1v) is 47.1. The van der Waals surface area contributed by atoms with Crippen LogP contribution in [0.15, 0.2) is 0 Å².